The highest BCUT2D eigenvalue weighted by molar-refractivity contribution is 6.77. The Balaban J connectivity index is 1.98. The Morgan fingerprint density at radius 1 is 1.13 bits per heavy atom. The van der Waals surface area contributed by atoms with Gasteiger partial charge in [-0.15, -0.1) is 6.58 Å². The zero-order chi connectivity index (χ0) is 23.0. The van der Waals surface area contributed by atoms with Crippen molar-refractivity contribution in [2.45, 2.75) is 109 Å². The standard InChI is InChI=1S/C25H42O5Si/c1-9-10-21(30-31(16(2)3,17(4)5)18(6)7)20-15-22(26)29-24(20)23-19(8)11-12-25(23)27-13-14-28-25/h9,16-18,20-21,24H,1,10-15H2,2-8H3/t20-,21+,24+/m1/s1. The molecule has 2 heterocycles. The van der Waals surface area contributed by atoms with E-state index in [1.807, 2.05) is 6.08 Å². The largest absolute Gasteiger partial charge is 0.457 e. The summed E-state index contributed by atoms with van der Waals surface area (Å²) >= 11 is 0. The van der Waals surface area contributed by atoms with Crippen molar-refractivity contribution in [3.8, 4) is 0 Å². The topological polar surface area (TPSA) is 54.0 Å². The summed E-state index contributed by atoms with van der Waals surface area (Å²) in [5.41, 5.74) is 3.66. The van der Waals surface area contributed by atoms with Gasteiger partial charge in [-0.25, -0.2) is 0 Å². The molecule has 2 fully saturated rings. The summed E-state index contributed by atoms with van der Waals surface area (Å²) < 4.78 is 25.4. The molecule has 1 aliphatic carbocycles. The highest BCUT2D eigenvalue weighted by Crippen LogP contribution is 2.50. The number of cyclic esters (lactones) is 1. The molecule has 176 valence electrons. The van der Waals surface area contributed by atoms with Gasteiger partial charge in [0.2, 0.25) is 8.32 Å². The van der Waals surface area contributed by atoms with Crippen LogP contribution in [0.5, 0.6) is 0 Å². The zero-order valence-electron chi connectivity index (χ0n) is 20.5. The van der Waals surface area contributed by atoms with E-state index in [-0.39, 0.29) is 24.1 Å². The minimum absolute atomic E-state index is 0.0543. The molecule has 0 amide bonds. The molecule has 31 heavy (non-hydrogen) atoms. The third-order valence-electron chi connectivity index (χ3n) is 7.73. The number of carbonyl (C=O) groups excluding carboxylic acids is 1. The molecular weight excluding hydrogens is 408 g/mol. The van der Waals surface area contributed by atoms with E-state index in [1.54, 1.807) is 0 Å². The van der Waals surface area contributed by atoms with Crippen LogP contribution in [0, 0.1) is 5.92 Å². The maximum Gasteiger partial charge on any atom is 0.306 e. The molecule has 3 rings (SSSR count). The molecule has 3 atom stereocenters. The molecule has 0 N–H and O–H groups in total. The Morgan fingerprint density at radius 2 is 1.71 bits per heavy atom. The van der Waals surface area contributed by atoms with Crippen molar-refractivity contribution in [3.05, 3.63) is 23.8 Å². The minimum atomic E-state index is -2.14. The van der Waals surface area contributed by atoms with Gasteiger partial charge in [0.05, 0.1) is 25.7 Å². The number of allylic oxidation sites excluding steroid dienone is 1. The monoisotopic (exact) mass is 450 g/mol. The lowest BCUT2D eigenvalue weighted by atomic mass is 9.85. The van der Waals surface area contributed by atoms with E-state index in [1.165, 1.54) is 5.57 Å². The molecule has 0 bridgehead atoms. The minimum Gasteiger partial charge on any atom is -0.457 e. The van der Waals surface area contributed by atoms with E-state index in [4.69, 9.17) is 18.6 Å². The van der Waals surface area contributed by atoms with Crippen LogP contribution < -0.4 is 0 Å². The molecule has 0 unspecified atom stereocenters. The van der Waals surface area contributed by atoms with E-state index in [2.05, 4.69) is 55.0 Å². The van der Waals surface area contributed by atoms with Crippen LogP contribution in [0.2, 0.25) is 16.6 Å². The molecule has 0 saturated carbocycles. The van der Waals surface area contributed by atoms with Crippen LogP contribution in [0.25, 0.3) is 0 Å². The van der Waals surface area contributed by atoms with E-state index in [9.17, 15) is 4.79 Å². The lowest BCUT2D eigenvalue weighted by Crippen LogP contribution is -2.52. The molecule has 1 spiro atoms. The molecular formula is C25H42O5Si. The summed E-state index contributed by atoms with van der Waals surface area (Å²) in [4.78, 5) is 12.6. The van der Waals surface area contributed by atoms with Gasteiger partial charge < -0.3 is 18.6 Å². The Kier molecular flexibility index (Phi) is 7.56. The second-order valence-corrected chi connectivity index (χ2v) is 15.8. The van der Waals surface area contributed by atoms with Crippen LogP contribution >= 0.6 is 0 Å². The SMILES string of the molecule is C=CC[C@H](O[Si](C(C)C)(C(C)C)C(C)C)[C@H]1CC(=O)O[C@@H]1C1=C(C)CCC12OCCO2. The zero-order valence-corrected chi connectivity index (χ0v) is 21.5. The Bertz CT molecular complexity index is 683. The van der Waals surface area contributed by atoms with Gasteiger partial charge in [0.25, 0.3) is 0 Å². The lowest BCUT2D eigenvalue weighted by Gasteiger charge is -2.46. The van der Waals surface area contributed by atoms with E-state index < -0.39 is 14.1 Å². The summed E-state index contributed by atoms with van der Waals surface area (Å²) in [5, 5.41) is 0. The highest BCUT2D eigenvalue weighted by Gasteiger charge is 2.56. The second-order valence-electron chi connectivity index (χ2n) is 10.4. The van der Waals surface area contributed by atoms with Crippen molar-refractivity contribution in [3.63, 3.8) is 0 Å². The van der Waals surface area contributed by atoms with Crippen LogP contribution in [-0.2, 0) is 23.4 Å². The molecule has 2 saturated heterocycles. The predicted molar refractivity (Wildman–Crippen MR) is 125 cm³/mol. The fraction of sp³-hybridized carbons (Fsp3) is 0.800. The molecule has 0 aromatic rings. The molecule has 0 radical (unpaired) electrons. The first-order chi connectivity index (χ1) is 14.6. The third kappa shape index (κ3) is 4.33. The fourth-order valence-electron chi connectivity index (χ4n) is 6.48. The number of carbonyl (C=O) groups is 1. The van der Waals surface area contributed by atoms with Crippen molar-refractivity contribution in [1.82, 2.24) is 0 Å². The van der Waals surface area contributed by atoms with Crippen molar-refractivity contribution in [1.29, 1.82) is 0 Å². The number of rotatable bonds is 9. The van der Waals surface area contributed by atoms with Gasteiger partial charge in [-0.05, 0) is 36.4 Å². The first-order valence-electron chi connectivity index (χ1n) is 12.0. The molecule has 0 aromatic carbocycles. The summed E-state index contributed by atoms with van der Waals surface area (Å²) in [6.45, 7) is 21.1. The summed E-state index contributed by atoms with van der Waals surface area (Å²) in [6.07, 6.45) is 4.26. The maximum absolute atomic E-state index is 12.6. The van der Waals surface area contributed by atoms with Crippen LogP contribution in [0.15, 0.2) is 23.8 Å². The van der Waals surface area contributed by atoms with E-state index >= 15 is 0 Å². The van der Waals surface area contributed by atoms with Gasteiger partial charge in [0, 0.05) is 17.9 Å². The van der Waals surface area contributed by atoms with Gasteiger partial charge >= 0.3 is 5.97 Å². The third-order valence-corrected chi connectivity index (χ3v) is 13.9. The average molecular weight is 451 g/mol. The van der Waals surface area contributed by atoms with Gasteiger partial charge in [-0.2, -0.15) is 0 Å². The Labute approximate surface area is 189 Å². The smallest absolute Gasteiger partial charge is 0.306 e. The van der Waals surface area contributed by atoms with Gasteiger partial charge in [0.15, 0.2) is 5.79 Å². The van der Waals surface area contributed by atoms with E-state index in [0.29, 0.717) is 42.7 Å². The molecule has 2 aliphatic heterocycles. The number of esters is 1. The number of ether oxygens (including phenoxy) is 3. The van der Waals surface area contributed by atoms with Gasteiger partial charge in [-0.3, -0.25) is 4.79 Å². The lowest BCUT2D eigenvalue weighted by molar-refractivity contribution is -0.150. The first-order valence-corrected chi connectivity index (χ1v) is 14.2. The van der Waals surface area contributed by atoms with E-state index in [0.717, 1.165) is 18.4 Å². The number of hydrogen-bond donors (Lipinski definition) is 0. The van der Waals surface area contributed by atoms with Gasteiger partial charge in [-0.1, -0.05) is 53.2 Å². The van der Waals surface area contributed by atoms with Crippen molar-refractivity contribution >= 4 is 14.3 Å². The molecule has 6 heteroatoms. The summed E-state index contributed by atoms with van der Waals surface area (Å²) in [5.74, 6) is -0.931. The number of hydrogen-bond acceptors (Lipinski definition) is 5. The quantitative estimate of drug-likeness (QED) is 0.248. The molecule has 5 nitrogen and oxygen atoms in total. The molecule has 3 aliphatic rings. The normalized spacial score (nSPS) is 27.2. The fourth-order valence-corrected chi connectivity index (χ4v) is 12.1. The van der Waals surface area contributed by atoms with Crippen LogP contribution in [0.4, 0.5) is 0 Å². The Hall–Kier alpha value is -0.953. The van der Waals surface area contributed by atoms with Gasteiger partial charge in [0.1, 0.15) is 6.10 Å². The van der Waals surface area contributed by atoms with Crippen molar-refractivity contribution in [2.24, 2.45) is 5.92 Å². The summed E-state index contributed by atoms with van der Waals surface area (Å²) in [6, 6.07) is 0. The van der Waals surface area contributed by atoms with Crippen LogP contribution in [0.1, 0.15) is 74.1 Å². The predicted octanol–water partition coefficient (Wildman–Crippen LogP) is 5.91. The van der Waals surface area contributed by atoms with Crippen LogP contribution in [0.3, 0.4) is 0 Å². The second kappa shape index (κ2) is 9.50. The summed E-state index contributed by atoms with van der Waals surface area (Å²) in [7, 11) is -2.14. The van der Waals surface area contributed by atoms with Crippen molar-refractivity contribution < 1.29 is 23.4 Å². The van der Waals surface area contributed by atoms with Crippen LogP contribution in [-0.4, -0.2) is 45.5 Å². The molecule has 0 aromatic heterocycles. The van der Waals surface area contributed by atoms with Crippen molar-refractivity contribution in [2.75, 3.05) is 13.2 Å². The average Bonchev–Trinajstić information content (AvgIpc) is 3.38. The maximum atomic E-state index is 12.6. The highest BCUT2D eigenvalue weighted by atomic mass is 28.4. The Morgan fingerprint density at radius 3 is 2.23 bits per heavy atom. The first kappa shape index (κ1) is 24.7.